The van der Waals surface area contributed by atoms with E-state index in [4.69, 9.17) is 22.1 Å². The van der Waals surface area contributed by atoms with Crippen molar-refractivity contribution >= 4 is 22.9 Å². The first-order valence-corrected chi connectivity index (χ1v) is 8.28. The first kappa shape index (κ1) is 15.3. The lowest BCUT2D eigenvalue weighted by molar-refractivity contribution is -0.0994. The zero-order chi connectivity index (χ0) is 14.1. The van der Waals surface area contributed by atoms with E-state index in [2.05, 4.69) is 13.8 Å². The Morgan fingerprint density at radius 3 is 2.47 bits per heavy atom. The van der Waals surface area contributed by atoms with Crippen LogP contribution in [-0.4, -0.2) is 12.2 Å². The van der Waals surface area contributed by atoms with Gasteiger partial charge in [-0.15, -0.1) is 11.3 Å². The maximum atomic E-state index is 6.53. The summed E-state index contributed by atoms with van der Waals surface area (Å²) in [6.45, 7) is 7.40. The van der Waals surface area contributed by atoms with Crippen LogP contribution in [0.15, 0.2) is 11.4 Å². The van der Waals surface area contributed by atoms with Crippen molar-refractivity contribution in [1.29, 1.82) is 0 Å². The van der Waals surface area contributed by atoms with E-state index in [0.29, 0.717) is 12.0 Å². The molecule has 1 fully saturated rings. The van der Waals surface area contributed by atoms with Gasteiger partial charge in [-0.3, -0.25) is 0 Å². The van der Waals surface area contributed by atoms with E-state index in [1.807, 2.05) is 18.4 Å². The van der Waals surface area contributed by atoms with E-state index >= 15 is 0 Å². The van der Waals surface area contributed by atoms with Crippen LogP contribution in [0.3, 0.4) is 0 Å². The minimum atomic E-state index is -0.237. The largest absolute Gasteiger partial charge is 0.373 e. The number of halogens is 1. The second kappa shape index (κ2) is 5.72. The highest BCUT2D eigenvalue weighted by Crippen LogP contribution is 2.48. The zero-order valence-electron chi connectivity index (χ0n) is 12.0. The van der Waals surface area contributed by atoms with E-state index < -0.39 is 0 Å². The van der Waals surface area contributed by atoms with Gasteiger partial charge in [0.15, 0.2) is 0 Å². The first-order valence-electron chi connectivity index (χ1n) is 7.03. The predicted octanol–water partition coefficient (Wildman–Crippen LogP) is 4.78. The monoisotopic (exact) mass is 301 g/mol. The molecule has 1 aromatic rings. The van der Waals surface area contributed by atoms with Crippen molar-refractivity contribution in [3.05, 3.63) is 21.3 Å². The van der Waals surface area contributed by atoms with Gasteiger partial charge in [-0.25, -0.2) is 0 Å². The average molecular weight is 302 g/mol. The van der Waals surface area contributed by atoms with Gasteiger partial charge in [0, 0.05) is 11.5 Å². The van der Waals surface area contributed by atoms with Crippen molar-refractivity contribution in [2.75, 3.05) is 6.61 Å². The molecule has 1 heterocycles. The van der Waals surface area contributed by atoms with Gasteiger partial charge < -0.3 is 10.5 Å². The standard InChI is InChI=1S/C15H24ClNOS/c1-4-18-15(8-6-14(2,3)7-9-15)13(17)12-11(16)5-10-19-12/h5,10,13H,4,6-9,17H2,1-3H3. The van der Waals surface area contributed by atoms with Gasteiger partial charge in [0.1, 0.15) is 0 Å². The van der Waals surface area contributed by atoms with Crippen molar-refractivity contribution in [3.63, 3.8) is 0 Å². The third kappa shape index (κ3) is 3.15. The van der Waals surface area contributed by atoms with E-state index in [1.54, 1.807) is 11.3 Å². The molecule has 0 aliphatic heterocycles. The Balaban J connectivity index is 2.23. The first-order chi connectivity index (χ1) is 8.90. The lowest BCUT2D eigenvalue weighted by Gasteiger charge is -2.46. The topological polar surface area (TPSA) is 35.2 Å². The van der Waals surface area contributed by atoms with Crippen LogP contribution in [0, 0.1) is 5.41 Å². The van der Waals surface area contributed by atoms with Crippen LogP contribution < -0.4 is 5.73 Å². The summed E-state index contributed by atoms with van der Waals surface area (Å²) in [6, 6.07) is 1.81. The smallest absolute Gasteiger partial charge is 0.0882 e. The van der Waals surface area contributed by atoms with Crippen LogP contribution in [-0.2, 0) is 4.74 Å². The Morgan fingerprint density at radius 2 is 2.00 bits per heavy atom. The highest BCUT2D eigenvalue weighted by Gasteiger charge is 2.44. The van der Waals surface area contributed by atoms with Crippen LogP contribution in [0.2, 0.25) is 5.02 Å². The molecule has 0 amide bonds. The van der Waals surface area contributed by atoms with Crippen molar-refractivity contribution in [3.8, 4) is 0 Å². The van der Waals surface area contributed by atoms with Crippen molar-refractivity contribution in [2.24, 2.45) is 11.1 Å². The van der Waals surface area contributed by atoms with Gasteiger partial charge in [0.25, 0.3) is 0 Å². The molecule has 0 aromatic carbocycles. The van der Waals surface area contributed by atoms with E-state index in [-0.39, 0.29) is 11.6 Å². The second-order valence-electron chi connectivity index (χ2n) is 6.27. The van der Waals surface area contributed by atoms with Crippen LogP contribution in [0.5, 0.6) is 0 Å². The van der Waals surface area contributed by atoms with Crippen LogP contribution in [0.4, 0.5) is 0 Å². The summed E-state index contributed by atoms with van der Waals surface area (Å²) in [5.41, 5.74) is 6.69. The number of hydrogen-bond acceptors (Lipinski definition) is 3. The third-order valence-corrected chi connectivity index (χ3v) is 5.82. The summed E-state index contributed by atoms with van der Waals surface area (Å²) in [5.74, 6) is 0. The van der Waals surface area contributed by atoms with Gasteiger partial charge in [-0.1, -0.05) is 25.4 Å². The summed E-state index contributed by atoms with van der Waals surface area (Å²) in [4.78, 5) is 1.06. The van der Waals surface area contributed by atoms with Gasteiger partial charge in [-0.05, 0) is 49.5 Å². The predicted molar refractivity (Wildman–Crippen MR) is 82.9 cm³/mol. The van der Waals surface area contributed by atoms with Gasteiger partial charge in [-0.2, -0.15) is 0 Å². The Morgan fingerprint density at radius 1 is 1.37 bits per heavy atom. The highest BCUT2D eigenvalue weighted by atomic mass is 35.5. The molecule has 2 nitrogen and oxygen atoms in total. The number of ether oxygens (including phenoxy) is 1. The SMILES string of the molecule is CCOC1(C(N)c2sccc2Cl)CCC(C)(C)CC1. The Labute approximate surface area is 125 Å². The molecule has 1 aliphatic rings. The lowest BCUT2D eigenvalue weighted by atomic mass is 9.68. The van der Waals surface area contributed by atoms with E-state index in [9.17, 15) is 0 Å². The molecule has 19 heavy (non-hydrogen) atoms. The summed E-state index contributed by atoms with van der Waals surface area (Å²) in [5, 5.41) is 2.78. The maximum Gasteiger partial charge on any atom is 0.0882 e. The Bertz CT molecular complexity index is 420. The third-order valence-electron chi connectivity index (χ3n) is 4.38. The maximum absolute atomic E-state index is 6.53. The number of hydrogen-bond donors (Lipinski definition) is 1. The Hall–Kier alpha value is -0.0900. The molecule has 0 spiro atoms. The van der Waals surface area contributed by atoms with E-state index in [0.717, 1.165) is 35.6 Å². The van der Waals surface area contributed by atoms with Gasteiger partial charge in [0.2, 0.25) is 0 Å². The minimum Gasteiger partial charge on any atom is -0.373 e. The molecule has 0 bridgehead atoms. The molecule has 2 N–H and O–H groups in total. The second-order valence-corrected chi connectivity index (χ2v) is 7.63. The average Bonchev–Trinajstić information content (AvgIpc) is 2.78. The van der Waals surface area contributed by atoms with E-state index in [1.165, 1.54) is 0 Å². The number of thiophene rings is 1. The van der Waals surface area contributed by atoms with Gasteiger partial charge in [0.05, 0.1) is 16.7 Å². The Kier molecular flexibility index (Phi) is 4.61. The molecule has 1 aromatic heterocycles. The zero-order valence-corrected chi connectivity index (χ0v) is 13.6. The fourth-order valence-electron chi connectivity index (χ4n) is 2.95. The lowest BCUT2D eigenvalue weighted by Crippen LogP contribution is -2.47. The van der Waals surface area contributed by atoms with Crippen LogP contribution >= 0.6 is 22.9 Å². The van der Waals surface area contributed by atoms with Crippen molar-refractivity contribution in [2.45, 2.75) is 58.1 Å². The number of rotatable bonds is 4. The van der Waals surface area contributed by atoms with Crippen molar-refractivity contribution in [1.82, 2.24) is 0 Å². The van der Waals surface area contributed by atoms with Crippen molar-refractivity contribution < 1.29 is 4.74 Å². The summed E-state index contributed by atoms with van der Waals surface area (Å²) in [7, 11) is 0. The van der Waals surface area contributed by atoms with Crippen LogP contribution in [0.25, 0.3) is 0 Å². The number of nitrogens with two attached hydrogens (primary N) is 1. The molecule has 108 valence electrons. The molecule has 1 saturated carbocycles. The molecule has 0 saturated heterocycles. The quantitative estimate of drug-likeness (QED) is 0.869. The molecule has 1 atom stereocenters. The normalized spacial score (nSPS) is 23.2. The fraction of sp³-hybridized carbons (Fsp3) is 0.733. The highest BCUT2D eigenvalue weighted by molar-refractivity contribution is 7.10. The molecule has 1 aliphatic carbocycles. The molecular formula is C15H24ClNOS. The molecule has 4 heteroatoms. The summed E-state index contributed by atoms with van der Waals surface area (Å²) >= 11 is 7.89. The minimum absolute atomic E-state index is 0.115. The van der Waals surface area contributed by atoms with Gasteiger partial charge >= 0.3 is 0 Å². The summed E-state index contributed by atoms with van der Waals surface area (Å²) < 4.78 is 6.13. The molecule has 2 rings (SSSR count). The summed E-state index contributed by atoms with van der Waals surface area (Å²) in [6.07, 6.45) is 4.35. The molecular weight excluding hydrogens is 278 g/mol. The molecule has 1 unspecified atom stereocenters. The molecule has 0 radical (unpaired) electrons. The van der Waals surface area contributed by atoms with Crippen LogP contribution in [0.1, 0.15) is 57.4 Å². The fourth-order valence-corrected chi connectivity index (χ4v) is 4.23.